The average Bonchev–Trinajstić information content (AvgIpc) is 2.87. The molecule has 0 aliphatic heterocycles. The molecule has 1 heterocycles. The fourth-order valence-corrected chi connectivity index (χ4v) is 3.40. The van der Waals surface area contributed by atoms with Gasteiger partial charge in [0.1, 0.15) is 0 Å². The van der Waals surface area contributed by atoms with Crippen molar-refractivity contribution in [3.05, 3.63) is 115 Å². The smallest absolute Gasteiger partial charge is 0.174 e. The maximum absolute atomic E-state index is 4.50. The third-order valence-electron chi connectivity index (χ3n) is 5.00. The Bertz CT molecular complexity index is 1400. The Morgan fingerprint density at radius 1 is 0.500 bits per heavy atom. The number of aromatic nitrogens is 1. The van der Waals surface area contributed by atoms with Gasteiger partial charge in [0.2, 0.25) is 0 Å². The summed E-state index contributed by atoms with van der Waals surface area (Å²) in [7, 11) is 0. The lowest BCUT2D eigenvalue weighted by Gasteiger charge is -2.03. The second-order valence-electron chi connectivity index (χ2n) is 7.18. The van der Waals surface area contributed by atoms with E-state index in [0.717, 1.165) is 39.0 Å². The zero-order valence-corrected chi connectivity index (χ0v) is 17.2. The fraction of sp³-hybridized carbons (Fsp3) is 0. The molecule has 0 aliphatic rings. The highest BCUT2D eigenvalue weighted by Gasteiger charge is 2.02. The van der Waals surface area contributed by atoms with Crippen molar-refractivity contribution in [1.29, 1.82) is 0 Å². The van der Waals surface area contributed by atoms with Crippen molar-refractivity contribution in [2.24, 2.45) is 20.5 Å². The molecule has 0 N–H and O–H groups in total. The highest BCUT2D eigenvalue weighted by molar-refractivity contribution is 5.92. The molecule has 0 spiro atoms. The second-order valence-corrected chi connectivity index (χ2v) is 7.18. The van der Waals surface area contributed by atoms with E-state index in [9.17, 15) is 0 Å². The molecule has 0 atom stereocenters. The molecule has 1 aromatic heterocycles. The van der Waals surface area contributed by atoms with E-state index in [-0.39, 0.29) is 0 Å². The van der Waals surface area contributed by atoms with Crippen LogP contribution >= 0.6 is 0 Å². The summed E-state index contributed by atoms with van der Waals surface area (Å²) in [6.45, 7) is 0. The van der Waals surface area contributed by atoms with Gasteiger partial charge in [0.25, 0.3) is 0 Å². The van der Waals surface area contributed by atoms with Gasteiger partial charge in [0.15, 0.2) is 5.82 Å². The Morgan fingerprint density at radius 3 is 2.16 bits per heavy atom. The third-order valence-corrected chi connectivity index (χ3v) is 5.00. The molecule has 0 unspecified atom stereocenters. The Labute approximate surface area is 185 Å². The number of hydrogen-bond donors (Lipinski definition) is 0. The molecule has 5 rings (SSSR count). The summed E-state index contributed by atoms with van der Waals surface area (Å²) in [4.78, 5) is 4.14. The van der Waals surface area contributed by atoms with Gasteiger partial charge < -0.3 is 0 Å². The lowest BCUT2D eigenvalue weighted by atomic mass is 10.1. The number of azo groups is 2. The van der Waals surface area contributed by atoms with E-state index in [2.05, 4.69) is 49.7 Å². The van der Waals surface area contributed by atoms with Gasteiger partial charge in [-0.1, -0.05) is 66.7 Å². The van der Waals surface area contributed by atoms with Gasteiger partial charge in [-0.15, -0.1) is 15.3 Å². The largest absolute Gasteiger partial charge is 0.236 e. The van der Waals surface area contributed by atoms with E-state index in [1.807, 2.05) is 84.9 Å². The van der Waals surface area contributed by atoms with E-state index < -0.39 is 0 Å². The number of fused-ring (bicyclic) bond motifs is 1. The predicted octanol–water partition coefficient (Wildman–Crippen LogP) is 8.73. The minimum atomic E-state index is 0.584. The van der Waals surface area contributed by atoms with Crippen molar-refractivity contribution >= 4 is 33.7 Å². The zero-order valence-electron chi connectivity index (χ0n) is 17.2. The van der Waals surface area contributed by atoms with Gasteiger partial charge in [-0.3, -0.25) is 0 Å². The monoisotopic (exact) mass is 413 g/mol. The topological polar surface area (TPSA) is 62.3 Å². The van der Waals surface area contributed by atoms with Gasteiger partial charge >= 0.3 is 0 Å². The lowest BCUT2D eigenvalue weighted by Crippen LogP contribution is -1.77. The van der Waals surface area contributed by atoms with Crippen molar-refractivity contribution in [2.75, 3.05) is 0 Å². The third kappa shape index (κ3) is 4.47. The van der Waals surface area contributed by atoms with Gasteiger partial charge in [0, 0.05) is 11.6 Å². The normalized spacial score (nSPS) is 11.5. The van der Waals surface area contributed by atoms with E-state index in [1.165, 1.54) is 0 Å². The molecule has 0 saturated heterocycles. The molecule has 152 valence electrons. The zero-order chi connectivity index (χ0) is 21.6. The molecule has 0 saturated carbocycles. The van der Waals surface area contributed by atoms with Crippen LogP contribution in [0.3, 0.4) is 0 Å². The van der Waals surface area contributed by atoms with E-state index >= 15 is 0 Å². The molecule has 32 heavy (non-hydrogen) atoms. The van der Waals surface area contributed by atoms with Crippen molar-refractivity contribution < 1.29 is 0 Å². The van der Waals surface area contributed by atoms with Crippen molar-refractivity contribution in [3.8, 4) is 11.1 Å². The Kier molecular flexibility index (Phi) is 5.53. The van der Waals surface area contributed by atoms with Crippen LogP contribution in [-0.2, 0) is 0 Å². The summed E-state index contributed by atoms with van der Waals surface area (Å²) < 4.78 is 0. The lowest BCUT2D eigenvalue weighted by molar-refractivity contribution is 1.15. The van der Waals surface area contributed by atoms with Crippen LogP contribution in [0, 0.1) is 0 Å². The number of pyridine rings is 1. The van der Waals surface area contributed by atoms with E-state index in [1.54, 1.807) is 6.20 Å². The minimum Gasteiger partial charge on any atom is -0.236 e. The first-order chi connectivity index (χ1) is 15.8. The van der Waals surface area contributed by atoms with Crippen LogP contribution in [0.1, 0.15) is 0 Å². The van der Waals surface area contributed by atoms with Crippen LogP contribution in [0.15, 0.2) is 136 Å². The van der Waals surface area contributed by atoms with Gasteiger partial charge in [-0.05, 0) is 59.0 Å². The maximum Gasteiger partial charge on any atom is 0.174 e. The van der Waals surface area contributed by atoms with Crippen molar-refractivity contribution in [2.45, 2.75) is 0 Å². The summed E-state index contributed by atoms with van der Waals surface area (Å²) in [5.41, 5.74) is 4.56. The first kappa shape index (κ1) is 19.5. The highest BCUT2D eigenvalue weighted by atomic mass is 15.1. The number of nitrogens with zero attached hydrogens (tertiary/aromatic N) is 5. The first-order valence-corrected chi connectivity index (χ1v) is 10.3. The first-order valence-electron chi connectivity index (χ1n) is 10.3. The molecule has 4 aromatic carbocycles. The molecule has 0 fully saturated rings. The standard InChI is InChI=1S/C27H19N5/c1-2-11-25-21(7-1)8-6-12-26(25)31-30-24-10-5-9-22(19-24)20-14-16-23(17-15-20)29-32-27-13-3-4-18-28-27/h1-19H. The quantitative estimate of drug-likeness (QED) is 0.266. The van der Waals surface area contributed by atoms with Crippen molar-refractivity contribution in [1.82, 2.24) is 4.98 Å². The summed E-state index contributed by atoms with van der Waals surface area (Å²) in [5.74, 6) is 0.584. The number of rotatable bonds is 5. The second kappa shape index (κ2) is 9.10. The van der Waals surface area contributed by atoms with Gasteiger partial charge in [-0.2, -0.15) is 5.11 Å². The van der Waals surface area contributed by atoms with Crippen molar-refractivity contribution in [3.63, 3.8) is 0 Å². The van der Waals surface area contributed by atoms with Crippen LogP contribution in [-0.4, -0.2) is 4.98 Å². The number of benzene rings is 4. The van der Waals surface area contributed by atoms with Crippen LogP contribution in [0.2, 0.25) is 0 Å². The SMILES string of the molecule is c1ccc(N=Nc2ccc(-c3cccc(N=Nc4cccc5ccccc45)c3)cc2)nc1. The molecule has 5 nitrogen and oxygen atoms in total. The number of hydrogen-bond acceptors (Lipinski definition) is 5. The van der Waals surface area contributed by atoms with Gasteiger partial charge in [-0.25, -0.2) is 4.98 Å². The van der Waals surface area contributed by atoms with Crippen LogP contribution < -0.4 is 0 Å². The molecular weight excluding hydrogens is 394 g/mol. The van der Waals surface area contributed by atoms with Gasteiger partial charge in [0.05, 0.1) is 17.1 Å². The molecule has 0 amide bonds. The fourth-order valence-electron chi connectivity index (χ4n) is 3.40. The Balaban J connectivity index is 1.36. The molecule has 0 aliphatic carbocycles. The summed E-state index contributed by atoms with van der Waals surface area (Å²) in [6.07, 6.45) is 1.70. The highest BCUT2D eigenvalue weighted by Crippen LogP contribution is 2.30. The Morgan fingerprint density at radius 2 is 1.28 bits per heavy atom. The predicted molar refractivity (Wildman–Crippen MR) is 128 cm³/mol. The molecular formula is C27H19N5. The molecule has 5 aromatic rings. The minimum absolute atomic E-state index is 0.584. The molecule has 0 bridgehead atoms. The van der Waals surface area contributed by atoms with E-state index in [0.29, 0.717) is 5.82 Å². The Hall–Kier alpha value is -4.51. The molecule has 0 radical (unpaired) electrons. The van der Waals surface area contributed by atoms with Crippen LogP contribution in [0.25, 0.3) is 21.9 Å². The summed E-state index contributed by atoms with van der Waals surface area (Å²) in [5, 5.41) is 19.6. The summed E-state index contributed by atoms with van der Waals surface area (Å²) in [6, 6.07) is 35.7. The van der Waals surface area contributed by atoms with Crippen LogP contribution in [0.5, 0.6) is 0 Å². The van der Waals surface area contributed by atoms with Crippen LogP contribution in [0.4, 0.5) is 22.9 Å². The average molecular weight is 413 g/mol. The van der Waals surface area contributed by atoms with E-state index in [4.69, 9.17) is 0 Å². The molecule has 5 heteroatoms. The maximum atomic E-state index is 4.50. The summed E-state index contributed by atoms with van der Waals surface area (Å²) >= 11 is 0.